The maximum absolute atomic E-state index is 11.3. The summed E-state index contributed by atoms with van der Waals surface area (Å²) in [5.74, 6) is 1.70. The van der Waals surface area contributed by atoms with Crippen LogP contribution in [0.5, 0.6) is 0 Å². The lowest BCUT2D eigenvalue weighted by atomic mass is 10.4. The SMILES string of the molecule is CCNC(=NCCCOCC1CC1)NCCCNS(=O)(=O)CC.I. The van der Waals surface area contributed by atoms with Crippen molar-refractivity contribution in [3.05, 3.63) is 0 Å². The Morgan fingerprint density at radius 2 is 1.92 bits per heavy atom. The van der Waals surface area contributed by atoms with Crippen LogP contribution in [0.1, 0.15) is 39.5 Å². The number of hydrogen-bond acceptors (Lipinski definition) is 4. The number of aliphatic imine (C=N–C) groups is 1. The molecule has 1 aliphatic carbocycles. The van der Waals surface area contributed by atoms with E-state index in [2.05, 4.69) is 20.3 Å². The van der Waals surface area contributed by atoms with Gasteiger partial charge in [-0.25, -0.2) is 13.1 Å². The molecule has 9 heteroatoms. The van der Waals surface area contributed by atoms with Crippen LogP contribution in [-0.4, -0.2) is 59.5 Å². The first-order chi connectivity index (χ1) is 11.1. The first-order valence-corrected chi connectivity index (χ1v) is 10.3. The molecule has 0 unspecified atom stereocenters. The molecular weight excluding hydrogens is 443 g/mol. The van der Waals surface area contributed by atoms with Crippen molar-refractivity contribution in [3.63, 3.8) is 0 Å². The second kappa shape index (κ2) is 14.1. The van der Waals surface area contributed by atoms with Crippen LogP contribution in [0.4, 0.5) is 0 Å². The third-order valence-corrected chi connectivity index (χ3v) is 4.86. The Kier molecular flexibility index (Phi) is 14.0. The van der Waals surface area contributed by atoms with Crippen molar-refractivity contribution in [1.82, 2.24) is 15.4 Å². The fourth-order valence-electron chi connectivity index (χ4n) is 1.86. The molecule has 1 fully saturated rings. The Bertz CT molecular complexity index is 442. The molecule has 0 amide bonds. The lowest BCUT2D eigenvalue weighted by Gasteiger charge is -2.11. The van der Waals surface area contributed by atoms with E-state index in [1.165, 1.54) is 12.8 Å². The Labute approximate surface area is 163 Å². The van der Waals surface area contributed by atoms with Crippen molar-refractivity contribution in [1.29, 1.82) is 0 Å². The molecule has 0 bridgehead atoms. The molecule has 0 aromatic rings. The van der Waals surface area contributed by atoms with Gasteiger partial charge in [-0.15, -0.1) is 24.0 Å². The lowest BCUT2D eigenvalue weighted by molar-refractivity contribution is 0.123. The Morgan fingerprint density at radius 1 is 1.17 bits per heavy atom. The number of nitrogens with one attached hydrogen (secondary N) is 3. The van der Waals surface area contributed by atoms with Gasteiger partial charge in [0.15, 0.2) is 5.96 Å². The van der Waals surface area contributed by atoms with E-state index in [0.717, 1.165) is 44.6 Å². The van der Waals surface area contributed by atoms with Crippen LogP contribution in [-0.2, 0) is 14.8 Å². The van der Waals surface area contributed by atoms with E-state index in [1.54, 1.807) is 6.92 Å². The smallest absolute Gasteiger partial charge is 0.211 e. The minimum absolute atomic E-state index is 0. The standard InChI is InChI=1S/C15H32N4O3S.HI/c1-3-16-15(17-9-5-11-19-23(20,21)4-2)18-10-6-12-22-13-14-7-8-14;/h14,19H,3-13H2,1-2H3,(H2,16,17,18);1H. The second-order valence-electron chi connectivity index (χ2n) is 5.71. The van der Waals surface area contributed by atoms with Gasteiger partial charge in [0.1, 0.15) is 0 Å². The first kappa shape index (κ1) is 23.9. The number of guanidine groups is 1. The molecular formula is C15H33IN4O3S. The summed E-state index contributed by atoms with van der Waals surface area (Å²) in [6.07, 6.45) is 4.27. The molecule has 0 aliphatic heterocycles. The van der Waals surface area contributed by atoms with Crippen molar-refractivity contribution in [2.45, 2.75) is 39.5 Å². The van der Waals surface area contributed by atoms with Gasteiger partial charge in [-0.3, -0.25) is 4.99 Å². The minimum atomic E-state index is -3.09. The zero-order valence-corrected chi connectivity index (χ0v) is 18.0. The predicted molar refractivity (Wildman–Crippen MR) is 110 cm³/mol. The number of halogens is 1. The molecule has 1 saturated carbocycles. The Morgan fingerprint density at radius 3 is 2.54 bits per heavy atom. The zero-order chi connectivity index (χ0) is 17.0. The molecule has 24 heavy (non-hydrogen) atoms. The van der Waals surface area contributed by atoms with Crippen molar-refractivity contribution >= 4 is 40.0 Å². The number of rotatable bonds is 13. The summed E-state index contributed by atoms with van der Waals surface area (Å²) in [7, 11) is -3.09. The number of nitrogens with zero attached hydrogens (tertiary/aromatic N) is 1. The van der Waals surface area contributed by atoms with Crippen molar-refractivity contribution in [2.75, 3.05) is 45.1 Å². The van der Waals surface area contributed by atoms with E-state index in [0.29, 0.717) is 19.5 Å². The molecule has 0 atom stereocenters. The molecule has 0 saturated heterocycles. The normalized spacial score (nSPS) is 15.0. The van der Waals surface area contributed by atoms with Crippen LogP contribution in [0.2, 0.25) is 0 Å². The summed E-state index contributed by atoms with van der Waals surface area (Å²) in [5, 5.41) is 6.39. The van der Waals surface area contributed by atoms with Gasteiger partial charge in [0, 0.05) is 39.4 Å². The lowest BCUT2D eigenvalue weighted by Crippen LogP contribution is -2.39. The highest BCUT2D eigenvalue weighted by atomic mass is 127. The molecule has 7 nitrogen and oxygen atoms in total. The highest BCUT2D eigenvalue weighted by Gasteiger charge is 2.20. The largest absolute Gasteiger partial charge is 0.381 e. The summed E-state index contributed by atoms with van der Waals surface area (Å²) >= 11 is 0. The third kappa shape index (κ3) is 13.2. The van der Waals surface area contributed by atoms with Crippen LogP contribution in [0.15, 0.2) is 4.99 Å². The van der Waals surface area contributed by atoms with Gasteiger partial charge >= 0.3 is 0 Å². The molecule has 1 rings (SSSR count). The van der Waals surface area contributed by atoms with E-state index in [1.807, 2.05) is 6.92 Å². The second-order valence-corrected chi connectivity index (χ2v) is 7.81. The molecule has 144 valence electrons. The minimum Gasteiger partial charge on any atom is -0.381 e. The molecule has 3 N–H and O–H groups in total. The molecule has 0 radical (unpaired) electrons. The van der Waals surface area contributed by atoms with E-state index in [-0.39, 0.29) is 29.7 Å². The Hall–Kier alpha value is -0.130. The maximum Gasteiger partial charge on any atom is 0.211 e. The molecule has 1 aliphatic rings. The van der Waals surface area contributed by atoms with Gasteiger partial charge in [-0.05, 0) is 45.4 Å². The maximum atomic E-state index is 11.3. The molecule has 0 heterocycles. The average molecular weight is 476 g/mol. The van der Waals surface area contributed by atoms with Gasteiger partial charge in [0.25, 0.3) is 0 Å². The average Bonchev–Trinajstić information content (AvgIpc) is 3.34. The molecule has 0 aromatic heterocycles. The fourth-order valence-corrected chi connectivity index (χ4v) is 2.52. The number of ether oxygens (including phenoxy) is 1. The summed E-state index contributed by atoms with van der Waals surface area (Å²) in [6, 6.07) is 0. The predicted octanol–water partition coefficient (Wildman–Crippen LogP) is 1.31. The van der Waals surface area contributed by atoms with Crippen molar-refractivity contribution in [2.24, 2.45) is 10.9 Å². The molecule has 0 spiro atoms. The quantitative estimate of drug-likeness (QED) is 0.161. The van der Waals surface area contributed by atoms with Crippen LogP contribution in [0.25, 0.3) is 0 Å². The summed E-state index contributed by atoms with van der Waals surface area (Å²) in [5.41, 5.74) is 0. The van der Waals surface area contributed by atoms with Crippen LogP contribution < -0.4 is 15.4 Å². The fraction of sp³-hybridized carbons (Fsp3) is 0.933. The van der Waals surface area contributed by atoms with Gasteiger partial charge in [-0.2, -0.15) is 0 Å². The highest BCUT2D eigenvalue weighted by Crippen LogP contribution is 2.28. The van der Waals surface area contributed by atoms with E-state index in [9.17, 15) is 8.42 Å². The highest BCUT2D eigenvalue weighted by molar-refractivity contribution is 14.0. The van der Waals surface area contributed by atoms with Crippen molar-refractivity contribution in [3.8, 4) is 0 Å². The molecule has 0 aromatic carbocycles. The number of hydrogen-bond donors (Lipinski definition) is 3. The van der Waals surface area contributed by atoms with E-state index >= 15 is 0 Å². The number of sulfonamides is 1. The third-order valence-electron chi connectivity index (χ3n) is 3.46. The van der Waals surface area contributed by atoms with Gasteiger partial charge in [0.2, 0.25) is 10.0 Å². The van der Waals surface area contributed by atoms with E-state index in [4.69, 9.17) is 4.74 Å². The van der Waals surface area contributed by atoms with Crippen LogP contribution in [0.3, 0.4) is 0 Å². The first-order valence-electron chi connectivity index (χ1n) is 8.64. The zero-order valence-electron chi connectivity index (χ0n) is 14.8. The van der Waals surface area contributed by atoms with E-state index < -0.39 is 10.0 Å². The summed E-state index contributed by atoms with van der Waals surface area (Å²) in [6.45, 7) is 7.95. The monoisotopic (exact) mass is 476 g/mol. The topological polar surface area (TPSA) is 91.8 Å². The van der Waals surface area contributed by atoms with Gasteiger partial charge < -0.3 is 15.4 Å². The van der Waals surface area contributed by atoms with Crippen LogP contribution in [0, 0.1) is 5.92 Å². The van der Waals surface area contributed by atoms with Crippen molar-refractivity contribution < 1.29 is 13.2 Å². The summed E-state index contributed by atoms with van der Waals surface area (Å²) < 4.78 is 30.7. The van der Waals surface area contributed by atoms with Gasteiger partial charge in [-0.1, -0.05) is 0 Å². The van der Waals surface area contributed by atoms with Gasteiger partial charge in [0.05, 0.1) is 5.75 Å². The van der Waals surface area contributed by atoms with Crippen LogP contribution >= 0.6 is 24.0 Å². The summed E-state index contributed by atoms with van der Waals surface area (Å²) in [4.78, 5) is 4.48. The Balaban J connectivity index is 0.00000529.